The molecule has 1 atom stereocenters. The van der Waals surface area contributed by atoms with Gasteiger partial charge < -0.3 is 5.73 Å². The minimum absolute atomic E-state index is 0.388. The number of hydrogen-bond acceptors (Lipinski definition) is 1. The maximum absolute atomic E-state index is 6.24. The Morgan fingerprint density at radius 2 is 1.65 bits per heavy atom. The number of hydrogen-bond donors (Lipinski definition) is 1. The highest BCUT2D eigenvalue weighted by Gasteiger charge is 2.25. The molecule has 0 saturated heterocycles. The van der Waals surface area contributed by atoms with E-state index in [-0.39, 0.29) is 0 Å². The monoisotopic (exact) mass is 345 g/mol. The smallest absolute Gasteiger partial charge is 0.0278 e. The molecule has 0 aliphatic heterocycles. The van der Waals surface area contributed by atoms with Crippen LogP contribution in [0.25, 0.3) is 0 Å². The first-order chi connectivity index (χ1) is 12.6. The van der Waals surface area contributed by atoms with Crippen molar-refractivity contribution in [2.24, 2.45) is 11.7 Å². The van der Waals surface area contributed by atoms with Crippen LogP contribution in [-0.2, 0) is 0 Å². The van der Waals surface area contributed by atoms with E-state index in [1.165, 1.54) is 42.4 Å². The normalized spacial score (nSPS) is 20.9. The predicted octanol–water partition coefficient (Wildman–Crippen LogP) is 5.71. The quantitative estimate of drug-likeness (QED) is 0.708. The zero-order valence-electron chi connectivity index (χ0n) is 16.4. The summed E-state index contributed by atoms with van der Waals surface area (Å²) in [6.07, 6.45) is 6.18. The third-order valence-electron chi connectivity index (χ3n) is 5.95. The van der Waals surface area contributed by atoms with Gasteiger partial charge >= 0.3 is 0 Å². The average Bonchev–Trinajstić information content (AvgIpc) is 2.67. The third kappa shape index (κ3) is 4.57. The molecule has 1 heteroatoms. The van der Waals surface area contributed by atoms with E-state index in [0.717, 1.165) is 23.5 Å². The number of aryl methyl sites for hydroxylation is 2. The van der Waals surface area contributed by atoms with Crippen LogP contribution < -0.4 is 5.73 Å². The fourth-order valence-electron chi connectivity index (χ4n) is 4.15. The molecule has 0 radical (unpaired) electrons. The summed E-state index contributed by atoms with van der Waals surface area (Å²) in [6, 6.07) is 15.7. The van der Waals surface area contributed by atoms with Gasteiger partial charge in [-0.1, -0.05) is 48.6 Å². The maximum Gasteiger partial charge on any atom is 0.0278 e. The fraction of sp³-hybridized carbons (Fsp3) is 0.440. The lowest BCUT2D eigenvalue weighted by molar-refractivity contribution is 0.277. The van der Waals surface area contributed by atoms with Gasteiger partial charge in [-0.25, -0.2) is 0 Å². The first-order valence-corrected chi connectivity index (χ1v) is 10.0. The minimum Gasteiger partial charge on any atom is -0.327 e. The van der Waals surface area contributed by atoms with Crippen molar-refractivity contribution in [3.8, 4) is 11.8 Å². The summed E-state index contributed by atoms with van der Waals surface area (Å²) in [6.45, 7) is 6.45. The van der Waals surface area contributed by atoms with Crippen molar-refractivity contribution < 1.29 is 0 Å². The summed E-state index contributed by atoms with van der Waals surface area (Å²) < 4.78 is 0. The van der Waals surface area contributed by atoms with Gasteiger partial charge in [0.05, 0.1) is 0 Å². The van der Waals surface area contributed by atoms with Gasteiger partial charge in [0.25, 0.3) is 0 Å². The lowest BCUT2D eigenvalue weighted by Crippen LogP contribution is -2.32. The van der Waals surface area contributed by atoms with Gasteiger partial charge in [-0.05, 0) is 87.1 Å². The van der Waals surface area contributed by atoms with Crippen LogP contribution in [0.15, 0.2) is 42.5 Å². The van der Waals surface area contributed by atoms with Crippen LogP contribution in [0.5, 0.6) is 0 Å². The first-order valence-electron chi connectivity index (χ1n) is 10.0. The molecule has 0 heterocycles. The standard InChI is InChI=1S/C25H31N/c1-4-25(26)24-15-13-23(14-16-24)22-11-7-20(8-12-22)6-10-21-9-5-18(2)17-19(21)3/h5,7-9,11-12,17,23-25H,4,13-16,26H2,1-3H3. The molecule has 1 aliphatic rings. The number of benzene rings is 2. The van der Waals surface area contributed by atoms with E-state index >= 15 is 0 Å². The molecule has 26 heavy (non-hydrogen) atoms. The van der Waals surface area contributed by atoms with E-state index in [0.29, 0.717) is 12.0 Å². The highest BCUT2D eigenvalue weighted by atomic mass is 14.6. The second-order valence-electron chi connectivity index (χ2n) is 7.87. The van der Waals surface area contributed by atoms with Gasteiger partial charge in [0, 0.05) is 17.2 Å². The molecule has 3 rings (SSSR count). The van der Waals surface area contributed by atoms with E-state index in [9.17, 15) is 0 Å². The molecule has 0 amide bonds. The van der Waals surface area contributed by atoms with Crippen molar-refractivity contribution in [1.29, 1.82) is 0 Å². The molecule has 0 aromatic heterocycles. The second kappa shape index (κ2) is 8.56. The molecule has 1 aliphatic carbocycles. The first kappa shape index (κ1) is 18.7. The van der Waals surface area contributed by atoms with Crippen LogP contribution >= 0.6 is 0 Å². The van der Waals surface area contributed by atoms with Crippen molar-refractivity contribution in [2.75, 3.05) is 0 Å². The largest absolute Gasteiger partial charge is 0.327 e. The van der Waals surface area contributed by atoms with E-state index in [4.69, 9.17) is 5.73 Å². The molecule has 2 N–H and O–H groups in total. The molecule has 2 aromatic rings. The molecular formula is C25H31N. The Kier molecular flexibility index (Phi) is 6.17. The van der Waals surface area contributed by atoms with Gasteiger partial charge in [0.2, 0.25) is 0 Å². The number of nitrogens with two attached hydrogens (primary N) is 1. The summed E-state index contributed by atoms with van der Waals surface area (Å²) in [5.74, 6) is 8.04. The average molecular weight is 346 g/mol. The Bertz CT molecular complexity index is 783. The zero-order chi connectivity index (χ0) is 18.5. The molecule has 1 unspecified atom stereocenters. The Morgan fingerprint density at radius 3 is 2.27 bits per heavy atom. The molecule has 1 saturated carbocycles. The van der Waals surface area contributed by atoms with Crippen LogP contribution in [0.4, 0.5) is 0 Å². The zero-order valence-corrected chi connectivity index (χ0v) is 16.4. The highest BCUT2D eigenvalue weighted by Crippen LogP contribution is 2.37. The van der Waals surface area contributed by atoms with Crippen molar-refractivity contribution in [2.45, 2.75) is 64.8 Å². The molecule has 136 valence electrons. The van der Waals surface area contributed by atoms with Crippen molar-refractivity contribution in [3.63, 3.8) is 0 Å². The van der Waals surface area contributed by atoms with E-state index in [2.05, 4.69) is 75.1 Å². The molecule has 0 bridgehead atoms. The predicted molar refractivity (Wildman–Crippen MR) is 111 cm³/mol. The SMILES string of the molecule is CCC(N)C1CCC(c2ccc(C#Cc3ccc(C)cc3C)cc2)CC1. The molecule has 1 fully saturated rings. The van der Waals surface area contributed by atoms with E-state index in [1.54, 1.807) is 0 Å². The fourth-order valence-corrected chi connectivity index (χ4v) is 4.15. The van der Waals surface area contributed by atoms with Gasteiger partial charge in [-0.15, -0.1) is 0 Å². The van der Waals surface area contributed by atoms with Gasteiger partial charge in [0.1, 0.15) is 0 Å². The maximum atomic E-state index is 6.24. The van der Waals surface area contributed by atoms with Crippen LogP contribution in [0, 0.1) is 31.6 Å². The topological polar surface area (TPSA) is 26.0 Å². The van der Waals surface area contributed by atoms with Crippen molar-refractivity contribution >= 4 is 0 Å². The van der Waals surface area contributed by atoms with E-state index < -0.39 is 0 Å². The van der Waals surface area contributed by atoms with Crippen LogP contribution in [-0.4, -0.2) is 6.04 Å². The Labute approximate surface area is 159 Å². The summed E-state index contributed by atoms with van der Waals surface area (Å²) in [7, 11) is 0. The number of rotatable bonds is 3. The summed E-state index contributed by atoms with van der Waals surface area (Å²) in [5.41, 5.74) is 12.4. The van der Waals surface area contributed by atoms with Gasteiger partial charge in [-0.2, -0.15) is 0 Å². The minimum atomic E-state index is 0.388. The Balaban J connectivity index is 1.64. The third-order valence-corrected chi connectivity index (χ3v) is 5.95. The molecule has 0 spiro atoms. The molecular weight excluding hydrogens is 314 g/mol. The van der Waals surface area contributed by atoms with Crippen LogP contribution in [0.3, 0.4) is 0 Å². The molecule has 2 aromatic carbocycles. The highest BCUT2D eigenvalue weighted by molar-refractivity contribution is 5.47. The Morgan fingerprint density at radius 1 is 0.962 bits per heavy atom. The van der Waals surface area contributed by atoms with Gasteiger partial charge in [-0.3, -0.25) is 0 Å². The summed E-state index contributed by atoms with van der Waals surface area (Å²) in [5, 5.41) is 0. The second-order valence-corrected chi connectivity index (χ2v) is 7.87. The van der Waals surface area contributed by atoms with Crippen LogP contribution in [0.2, 0.25) is 0 Å². The molecule has 1 nitrogen and oxygen atoms in total. The van der Waals surface area contributed by atoms with E-state index in [1.807, 2.05) is 0 Å². The van der Waals surface area contributed by atoms with Crippen molar-refractivity contribution in [3.05, 3.63) is 70.3 Å². The lowest BCUT2D eigenvalue weighted by Gasteiger charge is -2.32. The summed E-state index contributed by atoms with van der Waals surface area (Å²) >= 11 is 0. The van der Waals surface area contributed by atoms with Crippen LogP contribution in [0.1, 0.15) is 72.8 Å². The van der Waals surface area contributed by atoms with Crippen molar-refractivity contribution in [1.82, 2.24) is 0 Å². The Hall–Kier alpha value is -2.04. The summed E-state index contributed by atoms with van der Waals surface area (Å²) in [4.78, 5) is 0. The lowest BCUT2D eigenvalue weighted by atomic mass is 9.75. The van der Waals surface area contributed by atoms with Gasteiger partial charge in [0.15, 0.2) is 0 Å².